The molecular formula is C20H17FN2O3. The SMILES string of the molecule is COc1cccc2cc(C(=O)NCCc3c[nH]c4ccc(F)cc34)oc12. The summed E-state index contributed by atoms with van der Waals surface area (Å²) in [6.07, 6.45) is 2.42. The molecule has 0 aliphatic rings. The lowest BCUT2D eigenvalue weighted by atomic mass is 10.1. The van der Waals surface area contributed by atoms with E-state index in [2.05, 4.69) is 10.3 Å². The van der Waals surface area contributed by atoms with E-state index in [0.717, 1.165) is 21.9 Å². The number of H-pyrrole nitrogens is 1. The average Bonchev–Trinajstić information content (AvgIpc) is 3.25. The van der Waals surface area contributed by atoms with Crippen molar-refractivity contribution in [1.29, 1.82) is 0 Å². The Morgan fingerprint density at radius 3 is 3.00 bits per heavy atom. The van der Waals surface area contributed by atoms with Crippen LogP contribution in [0.15, 0.2) is 53.1 Å². The van der Waals surface area contributed by atoms with E-state index in [1.165, 1.54) is 12.1 Å². The second-order valence-corrected chi connectivity index (χ2v) is 6.00. The van der Waals surface area contributed by atoms with Gasteiger partial charge in [0.05, 0.1) is 7.11 Å². The van der Waals surface area contributed by atoms with Crippen molar-refractivity contribution in [3.05, 3.63) is 65.8 Å². The minimum atomic E-state index is -0.297. The molecule has 1 amide bonds. The summed E-state index contributed by atoms with van der Waals surface area (Å²) in [5.74, 6) is 0.240. The Morgan fingerprint density at radius 1 is 1.27 bits per heavy atom. The molecule has 6 heteroatoms. The number of hydrogen-bond donors (Lipinski definition) is 2. The topological polar surface area (TPSA) is 67.3 Å². The molecule has 2 N–H and O–H groups in total. The quantitative estimate of drug-likeness (QED) is 0.570. The van der Waals surface area contributed by atoms with Crippen molar-refractivity contribution >= 4 is 27.8 Å². The van der Waals surface area contributed by atoms with Gasteiger partial charge in [-0.25, -0.2) is 4.39 Å². The van der Waals surface area contributed by atoms with E-state index < -0.39 is 0 Å². The maximum absolute atomic E-state index is 13.4. The van der Waals surface area contributed by atoms with Gasteiger partial charge in [0, 0.05) is 29.0 Å². The fraction of sp³-hybridized carbons (Fsp3) is 0.150. The van der Waals surface area contributed by atoms with E-state index in [1.807, 2.05) is 18.3 Å². The van der Waals surface area contributed by atoms with E-state index in [0.29, 0.717) is 24.3 Å². The molecule has 4 aromatic rings. The summed E-state index contributed by atoms with van der Waals surface area (Å²) >= 11 is 0. The maximum atomic E-state index is 13.4. The number of amides is 1. The smallest absolute Gasteiger partial charge is 0.287 e. The van der Waals surface area contributed by atoms with E-state index >= 15 is 0 Å². The summed E-state index contributed by atoms with van der Waals surface area (Å²) in [4.78, 5) is 15.5. The Balaban J connectivity index is 1.46. The number of nitrogens with one attached hydrogen (secondary N) is 2. The van der Waals surface area contributed by atoms with Gasteiger partial charge in [0.1, 0.15) is 5.82 Å². The molecule has 0 aliphatic carbocycles. The van der Waals surface area contributed by atoms with Gasteiger partial charge in [0.15, 0.2) is 17.1 Å². The first-order valence-corrected chi connectivity index (χ1v) is 8.26. The van der Waals surface area contributed by atoms with Gasteiger partial charge < -0.3 is 19.5 Å². The number of aromatic nitrogens is 1. The third-order valence-electron chi connectivity index (χ3n) is 4.36. The average molecular weight is 352 g/mol. The van der Waals surface area contributed by atoms with Crippen molar-refractivity contribution in [3.8, 4) is 5.75 Å². The number of carbonyl (C=O) groups is 1. The molecule has 0 radical (unpaired) electrons. The van der Waals surface area contributed by atoms with Crippen LogP contribution in [0, 0.1) is 5.82 Å². The molecule has 0 saturated heterocycles. The maximum Gasteiger partial charge on any atom is 0.287 e. The lowest BCUT2D eigenvalue weighted by molar-refractivity contribution is 0.0928. The van der Waals surface area contributed by atoms with Gasteiger partial charge in [0.25, 0.3) is 5.91 Å². The Bertz CT molecular complexity index is 1100. The third kappa shape index (κ3) is 2.90. The number of para-hydroxylation sites is 1. The number of methoxy groups -OCH3 is 1. The molecule has 0 unspecified atom stereocenters. The lowest BCUT2D eigenvalue weighted by Crippen LogP contribution is -2.25. The highest BCUT2D eigenvalue weighted by molar-refractivity contribution is 5.97. The van der Waals surface area contributed by atoms with Crippen LogP contribution in [0.1, 0.15) is 16.1 Å². The lowest BCUT2D eigenvalue weighted by Gasteiger charge is -2.03. The summed E-state index contributed by atoms with van der Waals surface area (Å²) in [7, 11) is 1.56. The van der Waals surface area contributed by atoms with Crippen LogP contribution in [0.3, 0.4) is 0 Å². The van der Waals surface area contributed by atoms with Crippen LogP contribution in [0.5, 0.6) is 5.75 Å². The number of fused-ring (bicyclic) bond motifs is 2. The van der Waals surface area contributed by atoms with Crippen molar-refractivity contribution in [2.75, 3.05) is 13.7 Å². The monoisotopic (exact) mass is 352 g/mol. The van der Waals surface area contributed by atoms with Gasteiger partial charge in [-0.1, -0.05) is 12.1 Å². The third-order valence-corrected chi connectivity index (χ3v) is 4.36. The first-order chi connectivity index (χ1) is 12.7. The summed E-state index contributed by atoms with van der Waals surface area (Å²) in [6.45, 7) is 0.413. The highest BCUT2D eigenvalue weighted by Gasteiger charge is 2.14. The van der Waals surface area contributed by atoms with Gasteiger partial charge in [-0.3, -0.25) is 4.79 Å². The minimum absolute atomic E-state index is 0.231. The normalized spacial score (nSPS) is 11.2. The molecule has 132 valence electrons. The fourth-order valence-electron chi connectivity index (χ4n) is 3.06. The predicted molar refractivity (Wildman–Crippen MR) is 97.1 cm³/mol. The summed E-state index contributed by atoms with van der Waals surface area (Å²) in [5, 5.41) is 4.47. The van der Waals surface area contributed by atoms with Crippen molar-refractivity contribution in [3.63, 3.8) is 0 Å². The molecule has 0 bridgehead atoms. The van der Waals surface area contributed by atoms with Crippen molar-refractivity contribution in [1.82, 2.24) is 10.3 Å². The minimum Gasteiger partial charge on any atom is -0.493 e. The molecule has 5 nitrogen and oxygen atoms in total. The van der Waals surface area contributed by atoms with Crippen LogP contribution in [0.4, 0.5) is 4.39 Å². The predicted octanol–water partition coefficient (Wildman–Crippen LogP) is 4.03. The summed E-state index contributed by atoms with van der Waals surface area (Å²) < 4.78 is 24.3. The van der Waals surface area contributed by atoms with Crippen LogP contribution >= 0.6 is 0 Å². The van der Waals surface area contributed by atoms with E-state index in [-0.39, 0.29) is 17.5 Å². The highest BCUT2D eigenvalue weighted by Crippen LogP contribution is 2.28. The number of rotatable bonds is 5. The zero-order chi connectivity index (χ0) is 18.1. The van der Waals surface area contributed by atoms with Crippen molar-refractivity contribution in [2.24, 2.45) is 0 Å². The van der Waals surface area contributed by atoms with Crippen molar-refractivity contribution < 1.29 is 18.3 Å². The second kappa shape index (κ2) is 6.55. The van der Waals surface area contributed by atoms with Crippen LogP contribution < -0.4 is 10.1 Å². The molecule has 0 saturated carbocycles. The Kier molecular flexibility index (Phi) is 4.08. The molecule has 0 atom stereocenters. The highest BCUT2D eigenvalue weighted by atomic mass is 19.1. The molecule has 4 rings (SSSR count). The standard InChI is InChI=1S/C20H17FN2O3/c1-25-17-4-2-3-12-9-18(26-19(12)17)20(24)22-8-7-13-11-23-16-6-5-14(21)10-15(13)16/h2-6,9-11,23H,7-8H2,1H3,(H,22,24). The Morgan fingerprint density at radius 2 is 2.15 bits per heavy atom. The first kappa shape index (κ1) is 16.2. The van der Waals surface area contributed by atoms with E-state index in [1.54, 1.807) is 25.3 Å². The zero-order valence-corrected chi connectivity index (χ0v) is 14.1. The first-order valence-electron chi connectivity index (χ1n) is 8.26. The second-order valence-electron chi connectivity index (χ2n) is 6.00. The molecule has 0 fully saturated rings. The Labute approximate surface area is 148 Å². The zero-order valence-electron chi connectivity index (χ0n) is 14.1. The van der Waals surface area contributed by atoms with Crippen molar-refractivity contribution in [2.45, 2.75) is 6.42 Å². The van der Waals surface area contributed by atoms with E-state index in [9.17, 15) is 9.18 Å². The summed E-state index contributed by atoms with van der Waals surface area (Å²) in [5.41, 5.74) is 2.37. The number of carbonyl (C=O) groups excluding carboxylic acids is 1. The summed E-state index contributed by atoms with van der Waals surface area (Å²) in [6, 6.07) is 11.8. The Hall–Kier alpha value is -3.28. The van der Waals surface area contributed by atoms with Crippen LogP contribution in [0.25, 0.3) is 21.9 Å². The number of benzene rings is 2. The number of hydrogen-bond acceptors (Lipinski definition) is 3. The molecular weight excluding hydrogens is 335 g/mol. The van der Waals surface area contributed by atoms with Gasteiger partial charge in [-0.2, -0.15) is 0 Å². The fourth-order valence-corrected chi connectivity index (χ4v) is 3.06. The molecule has 2 aromatic heterocycles. The van der Waals surface area contributed by atoms with Gasteiger partial charge in [0.2, 0.25) is 0 Å². The van der Waals surface area contributed by atoms with Gasteiger partial charge in [-0.15, -0.1) is 0 Å². The molecule has 0 aliphatic heterocycles. The number of aromatic amines is 1. The van der Waals surface area contributed by atoms with Crippen LogP contribution in [-0.4, -0.2) is 24.5 Å². The van der Waals surface area contributed by atoms with Crippen LogP contribution in [0.2, 0.25) is 0 Å². The molecule has 2 aromatic carbocycles. The van der Waals surface area contributed by atoms with Crippen LogP contribution in [-0.2, 0) is 6.42 Å². The molecule has 2 heterocycles. The number of ether oxygens (including phenoxy) is 1. The molecule has 26 heavy (non-hydrogen) atoms. The largest absolute Gasteiger partial charge is 0.493 e. The molecule has 0 spiro atoms. The van der Waals surface area contributed by atoms with Gasteiger partial charge >= 0.3 is 0 Å². The number of furan rings is 1. The van der Waals surface area contributed by atoms with E-state index in [4.69, 9.17) is 9.15 Å². The van der Waals surface area contributed by atoms with Gasteiger partial charge in [-0.05, 0) is 42.3 Å². The number of halogens is 1.